The Balaban J connectivity index is 1.90. The van der Waals surface area contributed by atoms with Crippen molar-refractivity contribution in [3.8, 4) is 11.5 Å². The Morgan fingerprint density at radius 3 is 2.26 bits per heavy atom. The molecule has 2 aromatic carbocycles. The summed E-state index contributed by atoms with van der Waals surface area (Å²) in [4.78, 5) is 23.0. The maximum atomic E-state index is 12.2. The van der Waals surface area contributed by atoms with E-state index in [0.29, 0.717) is 43.2 Å². The molecule has 27 heavy (non-hydrogen) atoms. The van der Waals surface area contributed by atoms with E-state index in [0.717, 1.165) is 11.3 Å². The van der Waals surface area contributed by atoms with Gasteiger partial charge < -0.3 is 25.8 Å². The van der Waals surface area contributed by atoms with Crippen LogP contribution in [0.25, 0.3) is 0 Å². The number of benzene rings is 2. The quantitative estimate of drug-likeness (QED) is 0.630. The van der Waals surface area contributed by atoms with Crippen LogP contribution >= 0.6 is 0 Å². The number of urea groups is 1. The summed E-state index contributed by atoms with van der Waals surface area (Å²) in [6.45, 7) is 5.46. The Morgan fingerprint density at radius 2 is 1.63 bits per heavy atom. The van der Waals surface area contributed by atoms with Gasteiger partial charge in [0.15, 0.2) is 11.5 Å². The molecule has 3 amide bonds. The topological polar surface area (TPSA) is 103 Å². The average molecular weight is 371 g/mol. The SMILES string of the molecule is CCOc1ccc(CCNC(=O)c2ccc(NC(N)=O)cc2)cc1OCC. The van der Waals surface area contributed by atoms with Crippen LogP contribution < -0.4 is 25.8 Å². The van der Waals surface area contributed by atoms with Gasteiger partial charge >= 0.3 is 6.03 Å². The number of ether oxygens (including phenoxy) is 2. The second-order valence-electron chi connectivity index (χ2n) is 5.72. The van der Waals surface area contributed by atoms with Gasteiger partial charge in [0.25, 0.3) is 5.91 Å². The molecule has 0 aromatic heterocycles. The summed E-state index contributed by atoms with van der Waals surface area (Å²) in [5.74, 6) is 1.24. The molecule has 2 aromatic rings. The monoisotopic (exact) mass is 371 g/mol. The maximum absolute atomic E-state index is 12.2. The number of amides is 3. The summed E-state index contributed by atoms with van der Waals surface area (Å²) in [6, 6.07) is 11.6. The molecule has 144 valence electrons. The number of hydrogen-bond acceptors (Lipinski definition) is 4. The van der Waals surface area contributed by atoms with Gasteiger partial charge in [-0.05, 0) is 62.2 Å². The number of carbonyl (C=O) groups is 2. The van der Waals surface area contributed by atoms with Gasteiger partial charge in [0.2, 0.25) is 0 Å². The first kappa shape index (κ1) is 20.1. The number of carbonyl (C=O) groups excluding carboxylic acids is 2. The maximum Gasteiger partial charge on any atom is 0.316 e. The van der Waals surface area contributed by atoms with Crippen LogP contribution in [-0.4, -0.2) is 31.7 Å². The van der Waals surface area contributed by atoms with E-state index in [2.05, 4.69) is 10.6 Å². The summed E-state index contributed by atoms with van der Waals surface area (Å²) in [7, 11) is 0. The van der Waals surface area contributed by atoms with Gasteiger partial charge in [0, 0.05) is 17.8 Å². The van der Waals surface area contributed by atoms with Crippen molar-refractivity contribution < 1.29 is 19.1 Å². The van der Waals surface area contributed by atoms with Crippen molar-refractivity contribution in [3.63, 3.8) is 0 Å². The standard InChI is InChI=1S/C20H25N3O4/c1-3-26-17-10-5-14(13-18(17)27-4-2)11-12-22-19(24)15-6-8-16(9-7-15)23-20(21)25/h5-10,13H,3-4,11-12H2,1-2H3,(H,22,24)(H3,21,23,25). The zero-order valence-corrected chi connectivity index (χ0v) is 15.6. The molecule has 0 heterocycles. The van der Waals surface area contributed by atoms with E-state index >= 15 is 0 Å². The molecule has 0 spiro atoms. The third-order valence-electron chi connectivity index (χ3n) is 3.72. The number of anilines is 1. The molecule has 0 bridgehead atoms. The van der Waals surface area contributed by atoms with Crippen LogP contribution in [0, 0.1) is 0 Å². The molecule has 0 aliphatic rings. The van der Waals surface area contributed by atoms with Crippen LogP contribution in [0.15, 0.2) is 42.5 Å². The molecule has 7 nitrogen and oxygen atoms in total. The van der Waals surface area contributed by atoms with Crippen LogP contribution in [0.2, 0.25) is 0 Å². The van der Waals surface area contributed by atoms with Crippen molar-refractivity contribution in [2.45, 2.75) is 20.3 Å². The van der Waals surface area contributed by atoms with Crippen molar-refractivity contribution in [2.24, 2.45) is 5.73 Å². The fourth-order valence-corrected chi connectivity index (χ4v) is 2.52. The molecule has 2 rings (SSSR count). The van der Waals surface area contributed by atoms with E-state index < -0.39 is 6.03 Å². The highest BCUT2D eigenvalue weighted by Gasteiger charge is 2.08. The van der Waals surface area contributed by atoms with E-state index in [1.807, 2.05) is 32.0 Å². The molecule has 0 saturated carbocycles. The largest absolute Gasteiger partial charge is 0.490 e. The Labute approximate surface area is 158 Å². The van der Waals surface area contributed by atoms with Crippen LogP contribution in [0.1, 0.15) is 29.8 Å². The van der Waals surface area contributed by atoms with Crippen LogP contribution in [0.3, 0.4) is 0 Å². The van der Waals surface area contributed by atoms with Crippen molar-refractivity contribution in [2.75, 3.05) is 25.1 Å². The molecule has 7 heteroatoms. The van der Waals surface area contributed by atoms with Gasteiger partial charge in [0.05, 0.1) is 13.2 Å². The highest BCUT2D eigenvalue weighted by molar-refractivity contribution is 5.95. The van der Waals surface area contributed by atoms with E-state index in [1.165, 1.54) is 0 Å². The number of nitrogens with two attached hydrogens (primary N) is 1. The number of hydrogen-bond donors (Lipinski definition) is 3. The first-order chi connectivity index (χ1) is 13.0. The van der Waals surface area contributed by atoms with Gasteiger partial charge in [-0.1, -0.05) is 6.07 Å². The van der Waals surface area contributed by atoms with Gasteiger partial charge in [-0.25, -0.2) is 4.79 Å². The molecule has 0 aliphatic carbocycles. The van der Waals surface area contributed by atoms with E-state index in [-0.39, 0.29) is 5.91 Å². The fraction of sp³-hybridized carbons (Fsp3) is 0.300. The molecule has 0 fully saturated rings. The van der Waals surface area contributed by atoms with E-state index in [9.17, 15) is 9.59 Å². The highest BCUT2D eigenvalue weighted by Crippen LogP contribution is 2.28. The summed E-state index contributed by atoms with van der Waals surface area (Å²) < 4.78 is 11.2. The predicted molar refractivity (Wildman–Crippen MR) is 104 cm³/mol. The first-order valence-corrected chi connectivity index (χ1v) is 8.86. The lowest BCUT2D eigenvalue weighted by Gasteiger charge is -2.12. The number of rotatable bonds is 9. The minimum Gasteiger partial charge on any atom is -0.490 e. The number of nitrogens with one attached hydrogen (secondary N) is 2. The second kappa shape index (κ2) is 10.1. The Hall–Kier alpha value is -3.22. The van der Waals surface area contributed by atoms with Crippen LogP contribution in [0.4, 0.5) is 10.5 Å². The Bertz CT molecular complexity index is 775. The lowest BCUT2D eigenvalue weighted by atomic mass is 10.1. The molecule has 0 radical (unpaired) electrons. The lowest BCUT2D eigenvalue weighted by molar-refractivity contribution is 0.0954. The Kier molecular flexibility index (Phi) is 7.49. The zero-order valence-electron chi connectivity index (χ0n) is 15.6. The van der Waals surface area contributed by atoms with Gasteiger partial charge in [0.1, 0.15) is 0 Å². The molecule has 0 aliphatic heterocycles. The minimum atomic E-state index is -0.644. The van der Waals surface area contributed by atoms with E-state index in [1.54, 1.807) is 24.3 Å². The second-order valence-corrected chi connectivity index (χ2v) is 5.72. The summed E-state index contributed by atoms with van der Waals surface area (Å²) in [5.41, 5.74) is 7.14. The predicted octanol–water partition coefficient (Wildman–Crippen LogP) is 2.95. The molecular weight excluding hydrogens is 346 g/mol. The molecule has 4 N–H and O–H groups in total. The smallest absolute Gasteiger partial charge is 0.316 e. The average Bonchev–Trinajstić information content (AvgIpc) is 2.64. The van der Waals surface area contributed by atoms with Crippen LogP contribution in [-0.2, 0) is 6.42 Å². The van der Waals surface area contributed by atoms with Crippen molar-refractivity contribution >= 4 is 17.6 Å². The Morgan fingerprint density at radius 1 is 0.963 bits per heavy atom. The summed E-state index contributed by atoms with van der Waals surface area (Å²) in [5, 5.41) is 5.33. The molecule has 0 atom stereocenters. The van der Waals surface area contributed by atoms with E-state index in [4.69, 9.17) is 15.2 Å². The van der Waals surface area contributed by atoms with Crippen molar-refractivity contribution in [3.05, 3.63) is 53.6 Å². The van der Waals surface area contributed by atoms with Gasteiger partial charge in [-0.2, -0.15) is 0 Å². The summed E-state index contributed by atoms with van der Waals surface area (Å²) >= 11 is 0. The molecule has 0 unspecified atom stereocenters. The third kappa shape index (κ3) is 6.22. The first-order valence-electron chi connectivity index (χ1n) is 8.86. The normalized spacial score (nSPS) is 10.1. The van der Waals surface area contributed by atoms with Crippen LogP contribution in [0.5, 0.6) is 11.5 Å². The molecule has 0 saturated heterocycles. The third-order valence-corrected chi connectivity index (χ3v) is 3.72. The zero-order chi connectivity index (χ0) is 19.6. The summed E-state index contributed by atoms with van der Waals surface area (Å²) in [6.07, 6.45) is 0.666. The highest BCUT2D eigenvalue weighted by atomic mass is 16.5. The van der Waals surface area contributed by atoms with Gasteiger partial charge in [-0.3, -0.25) is 4.79 Å². The number of primary amides is 1. The lowest BCUT2D eigenvalue weighted by Crippen LogP contribution is -2.25. The van der Waals surface area contributed by atoms with Crippen molar-refractivity contribution in [1.29, 1.82) is 0 Å². The fourth-order valence-electron chi connectivity index (χ4n) is 2.52. The van der Waals surface area contributed by atoms with Crippen molar-refractivity contribution in [1.82, 2.24) is 5.32 Å². The molecular formula is C20H25N3O4. The van der Waals surface area contributed by atoms with Gasteiger partial charge in [-0.15, -0.1) is 0 Å². The minimum absolute atomic E-state index is 0.184.